The Hall–Kier alpha value is -2.89. The summed E-state index contributed by atoms with van der Waals surface area (Å²) in [5, 5.41) is 5.83. The minimum Gasteiger partial charge on any atom is -0.370 e. The van der Waals surface area contributed by atoms with E-state index in [0.29, 0.717) is 23.9 Å². The zero-order valence-electron chi connectivity index (χ0n) is 11.6. The number of anilines is 2. The SMILES string of the molecule is CCNc1ncccc1C(=O)Nc1nc2ccccc2[nH]1. The van der Waals surface area contributed by atoms with Gasteiger partial charge in [0.2, 0.25) is 5.95 Å². The molecule has 0 aliphatic carbocycles. The zero-order chi connectivity index (χ0) is 14.7. The maximum atomic E-state index is 12.3. The van der Waals surface area contributed by atoms with E-state index in [0.717, 1.165) is 11.0 Å². The van der Waals surface area contributed by atoms with Gasteiger partial charge < -0.3 is 10.3 Å². The number of benzene rings is 1. The first kappa shape index (κ1) is 13.1. The van der Waals surface area contributed by atoms with Crippen LogP contribution in [0.1, 0.15) is 17.3 Å². The van der Waals surface area contributed by atoms with E-state index >= 15 is 0 Å². The number of carbonyl (C=O) groups excluding carboxylic acids is 1. The number of imidazole rings is 1. The van der Waals surface area contributed by atoms with E-state index in [1.54, 1.807) is 18.3 Å². The molecule has 1 aromatic carbocycles. The van der Waals surface area contributed by atoms with Gasteiger partial charge in [-0.05, 0) is 31.2 Å². The van der Waals surface area contributed by atoms with Crippen LogP contribution in [0.4, 0.5) is 11.8 Å². The number of hydrogen-bond acceptors (Lipinski definition) is 4. The van der Waals surface area contributed by atoms with Gasteiger partial charge in [0.25, 0.3) is 5.91 Å². The minimum absolute atomic E-state index is 0.252. The molecule has 106 valence electrons. The van der Waals surface area contributed by atoms with E-state index in [1.807, 2.05) is 31.2 Å². The number of pyridine rings is 1. The van der Waals surface area contributed by atoms with Gasteiger partial charge in [-0.15, -0.1) is 0 Å². The lowest BCUT2D eigenvalue weighted by Gasteiger charge is -2.08. The topological polar surface area (TPSA) is 82.7 Å². The molecule has 0 aliphatic rings. The van der Waals surface area contributed by atoms with E-state index in [9.17, 15) is 4.79 Å². The molecule has 6 nitrogen and oxygen atoms in total. The summed E-state index contributed by atoms with van der Waals surface area (Å²) in [5.41, 5.74) is 2.18. The van der Waals surface area contributed by atoms with E-state index < -0.39 is 0 Å². The second-order valence-corrected chi connectivity index (χ2v) is 4.49. The van der Waals surface area contributed by atoms with Gasteiger partial charge in [-0.25, -0.2) is 9.97 Å². The van der Waals surface area contributed by atoms with Gasteiger partial charge >= 0.3 is 0 Å². The lowest BCUT2D eigenvalue weighted by atomic mass is 10.2. The molecular weight excluding hydrogens is 266 g/mol. The molecule has 21 heavy (non-hydrogen) atoms. The number of nitrogens with one attached hydrogen (secondary N) is 3. The van der Waals surface area contributed by atoms with Crippen molar-refractivity contribution in [1.82, 2.24) is 15.0 Å². The maximum Gasteiger partial charge on any atom is 0.261 e. The van der Waals surface area contributed by atoms with Crippen LogP contribution >= 0.6 is 0 Å². The van der Waals surface area contributed by atoms with E-state index in [4.69, 9.17) is 0 Å². The van der Waals surface area contributed by atoms with Crippen LogP contribution in [-0.2, 0) is 0 Å². The molecule has 0 aliphatic heterocycles. The summed E-state index contributed by atoms with van der Waals surface area (Å²) in [7, 11) is 0. The molecule has 3 rings (SSSR count). The standard InChI is InChI=1S/C15H15N5O/c1-2-16-13-10(6-5-9-17-13)14(21)20-15-18-11-7-3-4-8-12(11)19-15/h3-9H,2H2,1H3,(H,16,17)(H2,18,19,20,21). The van der Waals surface area contributed by atoms with Crippen molar-refractivity contribution in [1.29, 1.82) is 0 Å². The van der Waals surface area contributed by atoms with Crippen LogP contribution < -0.4 is 10.6 Å². The predicted octanol–water partition coefficient (Wildman–Crippen LogP) is 2.64. The highest BCUT2D eigenvalue weighted by atomic mass is 16.1. The molecule has 2 heterocycles. The van der Waals surface area contributed by atoms with Crippen LogP contribution in [-0.4, -0.2) is 27.4 Å². The quantitative estimate of drug-likeness (QED) is 0.686. The van der Waals surface area contributed by atoms with Crippen LogP contribution in [0.5, 0.6) is 0 Å². The van der Waals surface area contributed by atoms with Gasteiger partial charge in [0.15, 0.2) is 0 Å². The smallest absolute Gasteiger partial charge is 0.261 e. The van der Waals surface area contributed by atoms with E-state index in [1.165, 1.54) is 0 Å². The Kier molecular flexibility index (Phi) is 3.51. The summed E-state index contributed by atoms with van der Waals surface area (Å²) in [6.07, 6.45) is 1.65. The summed E-state index contributed by atoms with van der Waals surface area (Å²) in [6.45, 7) is 2.65. The molecule has 6 heteroatoms. The molecule has 0 unspecified atom stereocenters. The molecule has 3 aromatic rings. The van der Waals surface area contributed by atoms with Crippen LogP contribution in [0.25, 0.3) is 11.0 Å². The molecule has 0 spiro atoms. The Morgan fingerprint density at radius 1 is 1.24 bits per heavy atom. The number of aromatic nitrogens is 3. The van der Waals surface area contributed by atoms with E-state index in [2.05, 4.69) is 25.6 Å². The molecule has 0 atom stereocenters. The summed E-state index contributed by atoms with van der Waals surface area (Å²) in [6, 6.07) is 11.1. The Morgan fingerprint density at radius 2 is 2.10 bits per heavy atom. The van der Waals surface area contributed by atoms with Crippen molar-refractivity contribution in [2.45, 2.75) is 6.92 Å². The second kappa shape index (κ2) is 5.62. The first-order valence-corrected chi connectivity index (χ1v) is 6.73. The normalized spacial score (nSPS) is 10.5. The van der Waals surface area contributed by atoms with E-state index in [-0.39, 0.29) is 5.91 Å². The Morgan fingerprint density at radius 3 is 2.90 bits per heavy atom. The number of hydrogen-bond donors (Lipinski definition) is 3. The highest BCUT2D eigenvalue weighted by molar-refractivity contribution is 6.07. The van der Waals surface area contributed by atoms with Crippen molar-refractivity contribution >= 4 is 28.7 Å². The number of para-hydroxylation sites is 2. The fourth-order valence-corrected chi connectivity index (χ4v) is 2.08. The Balaban J connectivity index is 1.86. The van der Waals surface area contributed by atoms with Crippen molar-refractivity contribution in [3.63, 3.8) is 0 Å². The van der Waals surface area contributed by atoms with Crippen LogP contribution in [0.15, 0.2) is 42.6 Å². The molecule has 3 N–H and O–H groups in total. The van der Waals surface area contributed by atoms with Crippen LogP contribution in [0.3, 0.4) is 0 Å². The molecule has 0 saturated heterocycles. The van der Waals surface area contributed by atoms with Gasteiger partial charge in [-0.3, -0.25) is 10.1 Å². The summed E-state index contributed by atoms with van der Waals surface area (Å²) >= 11 is 0. The molecule has 0 fully saturated rings. The Bertz CT molecular complexity index is 747. The van der Waals surface area contributed by atoms with Gasteiger partial charge in [-0.2, -0.15) is 0 Å². The highest BCUT2D eigenvalue weighted by Crippen LogP contribution is 2.16. The maximum absolute atomic E-state index is 12.3. The van der Waals surface area contributed by atoms with Gasteiger partial charge in [-0.1, -0.05) is 12.1 Å². The number of aromatic amines is 1. The Labute approximate surface area is 121 Å². The van der Waals surface area contributed by atoms with Crippen LogP contribution in [0.2, 0.25) is 0 Å². The van der Waals surface area contributed by atoms with Crippen molar-refractivity contribution in [3.05, 3.63) is 48.2 Å². The molecule has 0 saturated carbocycles. The third-order valence-corrected chi connectivity index (χ3v) is 3.02. The first-order chi connectivity index (χ1) is 10.3. The summed E-state index contributed by atoms with van der Waals surface area (Å²) < 4.78 is 0. The molecule has 2 aromatic heterocycles. The van der Waals surface area contributed by atoms with Gasteiger partial charge in [0.1, 0.15) is 5.82 Å². The first-order valence-electron chi connectivity index (χ1n) is 6.73. The third-order valence-electron chi connectivity index (χ3n) is 3.02. The fourth-order valence-electron chi connectivity index (χ4n) is 2.08. The largest absolute Gasteiger partial charge is 0.370 e. The highest BCUT2D eigenvalue weighted by Gasteiger charge is 2.13. The van der Waals surface area contributed by atoms with Crippen LogP contribution in [0, 0.1) is 0 Å². The number of fused-ring (bicyclic) bond motifs is 1. The average Bonchev–Trinajstić information content (AvgIpc) is 2.90. The number of H-pyrrole nitrogens is 1. The monoisotopic (exact) mass is 281 g/mol. The molecule has 0 radical (unpaired) electrons. The fraction of sp³-hybridized carbons (Fsp3) is 0.133. The summed E-state index contributed by atoms with van der Waals surface area (Å²) in [4.78, 5) is 23.9. The third kappa shape index (κ3) is 2.69. The lowest BCUT2D eigenvalue weighted by Crippen LogP contribution is -2.16. The number of carbonyl (C=O) groups is 1. The molecule has 0 bridgehead atoms. The number of rotatable bonds is 4. The number of amides is 1. The predicted molar refractivity (Wildman–Crippen MR) is 82.4 cm³/mol. The molecular formula is C15H15N5O. The lowest BCUT2D eigenvalue weighted by molar-refractivity contribution is 0.102. The van der Waals surface area contributed by atoms with Crippen molar-refractivity contribution in [2.24, 2.45) is 0 Å². The zero-order valence-corrected chi connectivity index (χ0v) is 11.6. The molecule has 1 amide bonds. The minimum atomic E-state index is -0.252. The van der Waals surface area contributed by atoms with Gasteiger partial charge in [0.05, 0.1) is 16.6 Å². The van der Waals surface area contributed by atoms with Crippen molar-refractivity contribution in [2.75, 3.05) is 17.2 Å². The summed E-state index contributed by atoms with van der Waals surface area (Å²) in [5.74, 6) is 0.735. The second-order valence-electron chi connectivity index (χ2n) is 4.49. The van der Waals surface area contributed by atoms with Crippen molar-refractivity contribution < 1.29 is 4.79 Å². The van der Waals surface area contributed by atoms with Crippen molar-refractivity contribution in [3.8, 4) is 0 Å². The number of nitrogens with zero attached hydrogens (tertiary/aromatic N) is 2. The van der Waals surface area contributed by atoms with Gasteiger partial charge in [0, 0.05) is 12.7 Å². The average molecular weight is 281 g/mol.